The highest BCUT2D eigenvalue weighted by Crippen LogP contribution is 2.06. The van der Waals surface area contributed by atoms with Crippen LogP contribution in [-0.4, -0.2) is 10.3 Å². The third-order valence-corrected chi connectivity index (χ3v) is 1.04. The minimum atomic E-state index is 0.667. The van der Waals surface area contributed by atoms with E-state index in [1.807, 2.05) is 0 Å². The van der Waals surface area contributed by atoms with E-state index in [2.05, 4.69) is 5.18 Å². The van der Waals surface area contributed by atoms with E-state index in [-0.39, 0.29) is 0 Å². The van der Waals surface area contributed by atoms with Crippen LogP contribution in [0.15, 0.2) is 41.5 Å². The Morgan fingerprint density at radius 1 is 1.50 bits per heavy atom. The van der Waals surface area contributed by atoms with Crippen LogP contribution in [-0.2, 0) is 0 Å². The summed E-state index contributed by atoms with van der Waals surface area (Å²) in [5, 5.41) is 12.2. The van der Waals surface area contributed by atoms with Crippen LogP contribution in [0.4, 0.5) is 0 Å². The van der Waals surface area contributed by atoms with E-state index in [1.54, 1.807) is 12.2 Å². The zero-order valence-electron chi connectivity index (χ0n) is 5.14. The molecule has 0 aromatic carbocycles. The van der Waals surface area contributed by atoms with Crippen molar-refractivity contribution in [3.05, 3.63) is 41.2 Å². The summed E-state index contributed by atoms with van der Waals surface area (Å²) >= 11 is 0. The van der Waals surface area contributed by atoms with Crippen LogP contribution < -0.4 is 0 Å². The van der Waals surface area contributed by atoms with Gasteiger partial charge in [-0.2, -0.15) is 0 Å². The molecule has 0 atom stereocenters. The summed E-state index contributed by atoms with van der Waals surface area (Å²) in [6.07, 6.45) is 7.14. The average Bonchev–Trinajstić information content (AvgIpc) is 1.95. The van der Waals surface area contributed by atoms with Crippen molar-refractivity contribution in [3.63, 3.8) is 0 Å². The lowest BCUT2D eigenvalue weighted by atomic mass is 10.2. The lowest BCUT2D eigenvalue weighted by Gasteiger charge is -2.08. The molecule has 1 N–H and O–H groups in total. The SMILES string of the molecule is O=NC=C1C=CN(O)C=C1. The summed E-state index contributed by atoms with van der Waals surface area (Å²) in [7, 11) is 0. The van der Waals surface area contributed by atoms with Gasteiger partial charge in [0.1, 0.15) is 0 Å². The molecule has 0 fully saturated rings. The van der Waals surface area contributed by atoms with Crippen molar-refractivity contribution in [1.29, 1.82) is 0 Å². The van der Waals surface area contributed by atoms with E-state index in [1.165, 1.54) is 18.6 Å². The summed E-state index contributed by atoms with van der Waals surface area (Å²) < 4.78 is 0. The molecule has 52 valence electrons. The summed E-state index contributed by atoms with van der Waals surface area (Å²) in [5.41, 5.74) is 0.667. The third-order valence-electron chi connectivity index (χ3n) is 1.04. The van der Waals surface area contributed by atoms with Gasteiger partial charge < -0.3 is 0 Å². The van der Waals surface area contributed by atoms with Gasteiger partial charge >= 0.3 is 0 Å². The maximum absolute atomic E-state index is 9.68. The predicted molar refractivity (Wildman–Crippen MR) is 35.8 cm³/mol. The molecule has 0 radical (unpaired) electrons. The Labute approximate surface area is 57.7 Å². The monoisotopic (exact) mass is 138 g/mol. The molecule has 0 unspecified atom stereocenters. The van der Waals surface area contributed by atoms with Crippen LogP contribution in [0.5, 0.6) is 0 Å². The van der Waals surface area contributed by atoms with Gasteiger partial charge in [-0.3, -0.25) is 5.21 Å². The molecule has 0 aliphatic carbocycles. The van der Waals surface area contributed by atoms with Gasteiger partial charge in [0.15, 0.2) is 0 Å². The Bertz CT molecular complexity index is 202. The second-order valence-electron chi connectivity index (χ2n) is 1.75. The molecule has 0 spiro atoms. The highest BCUT2D eigenvalue weighted by Gasteiger charge is 1.94. The number of rotatable bonds is 1. The highest BCUT2D eigenvalue weighted by atomic mass is 16.5. The largest absolute Gasteiger partial charge is 0.285 e. The normalized spacial score (nSPS) is 15.7. The molecule has 0 saturated carbocycles. The van der Waals surface area contributed by atoms with E-state index >= 15 is 0 Å². The third kappa shape index (κ3) is 1.53. The molecule has 1 rings (SSSR count). The summed E-state index contributed by atoms with van der Waals surface area (Å²) in [4.78, 5) is 9.68. The van der Waals surface area contributed by atoms with Crippen LogP contribution in [0.1, 0.15) is 0 Å². The van der Waals surface area contributed by atoms with Gasteiger partial charge in [0.05, 0.1) is 6.20 Å². The first-order valence-corrected chi connectivity index (χ1v) is 2.69. The maximum atomic E-state index is 9.68. The number of nitrogens with zero attached hydrogens (tertiary/aromatic N) is 2. The number of hydroxylamine groups is 2. The second kappa shape index (κ2) is 2.93. The average molecular weight is 138 g/mol. The molecular weight excluding hydrogens is 132 g/mol. The van der Waals surface area contributed by atoms with Crippen molar-refractivity contribution in [2.24, 2.45) is 5.18 Å². The fourth-order valence-corrected chi connectivity index (χ4v) is 0.577. The smallest absolute Gasteiger partial charge is 0.0788 e. The summed E-state index contributed by atoms with van der Waals surface area (Å²) in [5.74, 6) is 0. The zero-order valence-corrected chi connectivity index (χ0v) is 5.14. The van der Waals surface area contributed by atoms with Gasteiger partial charge in [0, 0.05) is 12.4 Å². The van der Waals surface area contributed by atoms with Gasteiger partial charge in [0.25, 0.3) is 0 Å². The zero-order chi connectivity index (χ0) is 7.40. The van der Waals surface area contributed by atoms with E-state index in [0.29, 0.717) is 5.57 Å². The highest BCUT2D eigenvalue weighted by molar-refractivity contribution is 5.32. The van der Waals surface area contributed by atoms with E-state index in [0.717, 1.165) is 5.06 Å². The number of nitroso groups, excluding NO2 is 1. The van der Waals surface area contributed by atoms with Gasteiger partial charge in [-0.05, 0) is 22.9 Å². The molecule has 1 aliphatic rings. The Morgan fingerprint density at radius 3 is 2.60 bits per heavy atom. The van der Waals surface area contributed by atoms with Gasteiger partial charge in [-0.25, -0.2) is 5.06 Å². The van der Waals surface area contributed by atoms with Crippen molar-refractivity contribution in [2.45, 2.75) is 0 Å². The molecule has 1 heterocycles. The van der Waals surface area contributed by atoms with Crippen molar-refractivity contribution < 1.29 is 5.21 Å². The van der Waals surface area contributed by atoms with E-state index in [9.17, 15) is 4.91 Å². The molecule has 1 aliphatic heterocycles. The number of hydrogen-bond acceptors (Lipinski definition) is 4. The quantitative estimate of drug-likeness (QED) is 0.556. The molecule has 0 aromatic heterocycles. The Morgan fingerprint density at radius 2 is 2.10 bits per heavy atom. The van der Waals surface area contributed by atoms with Crippen LogP contribution in [0, 0.1) is 4.91 Å². The molecule has 0 bridgehead atoms. The van der Waals surface area contributed by atoms with Gasteiger partial charge in [-0.15, -0.1) is 4.91 Å². The Kier molecular flexibility index (Phi) is 1.96. The molecule has 4 heteroatoms. The number of allylic oxidation sites excluding steroid dienone is 3. The minimum absolute atomic E-state index is 0.667. The van der Waals surface area contributed by atoms with E-state index in [4.69, 9.17) is 5.21 Å². The maximum Gasteiger partial charge on any atom is 0.0788 e. The Balaban J connectivity index is 2.70. The molecule has 0 saturated heterocycles. The van der Waals surface area contributed by atoms with Crippen molar-refractivity contribution in [1.82, 2.24) is 5.06 Å². The standard InChI is InChI=1S/C6H6N2O2/c9-7-5-6-1-3-8(10)4-2-6/h1-5,10H. The molecule has 0 aromatic rings. The van der Waals surface area contributed by atoms with Gasteiger partial charge in [-0.1, -0.05) is 0 Å². The van der Waals surface area contributed by atoms with Crippen LogP contribution in [0.25, 0.3) is 0 Å². The predicted octanol–water partition coefficient (Wildman–Crippen LogP) is 1.37. The van der Waals surface area contributed by atoms with Crippen molar-refractivity contribution >= 4 is 0 Å². The Hall–Kier alpha value is -1.42. The van der Waals surface area contributed by atoms with Crippen molar-refractivity contribution in [2.75, 3.05) is 0 Å². The summed E-state index contributed by atoms with van der Waals surface area (Å²) in [6.45, 7) is 0. The lowest BCUT2D eigenvalue weighted by Crippen LogP contribution is -2.03. The topological polar surface area (TPSA) is 52.9 Å². The molecule has 4 nitrogen and oxygen atoms in total. The number of hydrogen-bond donors (Lipinski definition) is 1. The summed E-state index contributed by atoms with van der Waals surface area (Å²) in [6, 6.07) is 0. The van der Waals surface area contributed by atoms with Crippen molar-refractivity contribution in [3.8, 4) is 0 Å². The van der Waals surface area contributed by atoms with Crippen LogP contribution in [0.3, 0.4) is 0 Å². The molecule has 10 heavy (non-hydrogen) atoms. The first-order chi connectivity index (χ1) is 4.83. The van der Waals surface area contributed by atoms with E-state index < -0.39 is 0 Å². The van der Waals surface area contributed by atoms with Crippen LogP contribution in [0.2, 0.25) is 0 Å². The minimum Gasteiger partial charge on any atom is -0.285 e. The fraction of sp³-hybridized carbons (Fsp3) is 0. The van der Waals surface area contributed by atoms with Gasteiger partial charge in [0.2, 0.25) is 0 Å². The van der Waals surface area contributed by atoms with Crippen LogP contribution >= 0.6 is 0 Å². The lowest BCUT2D eigenvalue weighted by molar-refractivity contribution is 0.0105. The first-order valence-electron chi connectivity index (χ1n) is 2.69. The molecular formula is C6H6N2O2. The fourth-order valence-electron chi connectivity index (χ4n) is 0.577. The first kappa shape index (κ1) is 6.70. The second-order valence-corrected chi connectivity index (χ2v) is 1.75. The molecule has 0 amide bonds.